The summed E-state index contributed by atoms with van der Waals surface area (Å²) in [6, 6.07) is 0. The summed E-state index contributed by atoms with van der Waals surface area (Å²) in [5.41, 5.74) is 0. The van der Waals surface area contributed by atoms with E-state index in [0.29, 0.717) is 0 Å². The Morgan fingerprint density at radius 3 is 0.606 bits per heavy atom. The first kappa shape index (κ1) is 32.2. The number of hydrogen-bond donors (Lipinski definition) is 1. The Labute approximate surface area is 209 Å². The van der Waals surface area contributed by atoms with Crippen LogP contribution in [0.1, 0.15) is 161 Å². The highest BCUT2D eigenvalue weighted by atomic mass is 16.2. The van der Waals surface area contributed by atoms with E-state index in [4.69, 9.17) is 5.11 Å². The van der Waals surface area contributed by atoms with E-state index in [1.54, 1.807) is 6.92 Å². The molecule has 194 valence electrons. The van der Waals surface area contributed by atoms with Crippen LogP contribution < -0.4 is 0 Å². The van der Waals surface area contributed by atoms with Crippen LogP contribution in [0.15, 0.2) is 36.5 Å². The van der Waals surface area contributed by atoms with E-state index in [-0.39, 0.29) is 6.61 Å². The second-order valence-corrected chi connectivity index (χ2v) is 9.83. The van der Waals surface area contributed by atoms with Gasteiger partial charge in [-0.2, -0.15) is 0 Å². The molecule has 0 atom stereocenters. The second kappa shape index (κ2) is 31.2. The zero-order valence-corrected chi connectivity index (χ0v) is 22.6. The molecule has 0 aromatic heterocycles. The van der Waals surface area contributed by atoms with Crippen molar-refractivity contribution in [2.75, 3.05) is 6.61 Å². The van der Waals surface area contributed by atoms with Gasteiger partial charge in [0.15, 0.2) is 0 Å². The van der Waals surface area contributed by atoms with Gasteiger partial charge in [-0.1, -0.05) is 114 Å². The highest BCUT2D eigenvalue weighted by Gasteiger charge is 1.93. The van der Waals surface area contributed by atoms with E-state index in [9.17, 15) is 0 Å². The van der Waals surface area contributed by atoms with Crippen molar-refractivity contribution in [2.24, 2.45) is 0 Å². The van der Waals surface area contributed by atoms with E-state index < -0.39 is 0 Å². The van der Waals surface area contributed by atoms with Crippen LogP contribution in [-0.2, 0) is 0 Å². The molecule has 3 aliphatic rings. The fraction of sp³-hybridized carbons (Fsp3) is 0.812. The van der Waals surface area contributed by atoms with E-state index in [1.807, 2.05) is 0 Å². The van der Waals surface area contributed by atoms with E-state index in [2.05, 4.69) is 36.5 Å². The molecule has 0 spiro atoms. The van der Waals surface area contributed by atoms with Crippen LogP contribution in [-0.4, -0.2) is 11.7 Å². The summed E-state index contributed by atoms with van der Waals surface area (Å²) in [6.45, 7) is 1.93. The average Bonchev–Trinajstić information content (AvgIpc) is 2.86. The highest BCUT2D eigenvalue weighted by Crippen LogP contribution is 2.13. The number of rotatable bonds is 0. The molecule has 0 heterocycles. The minimum atomic E-state index is 0.250. The van der Waals surface area contributed by atoms with Crippen LogP contribution in [0.25, 0.3) is 0 Å². The Bertz CT molecular complexity index is 322. The molecule has 0 amide bonds. The highest BCUT2D eigenvalue weighted by molar-refractivity contribution is 4.83. The summed E-state index contributed by atoms with van der Waals surface area (Å²) in [6.07, 6.45) is 48.0. The maximum atomic E-state index is 7.57. The molecule has 0 aromatic carbocycles. The molecule has 1 N–H and O–H groups in total. The predicted octanol–water partition coefficient (Wildman–Crippen LogP) is 11.0. The fourth-order valence-corrected chi connectivity index (χ4v) is 4.40. The van der Waals surface area contributed by atoms with Crippen molar-refractivity contribution in [3.05, 3.63) is 36.5 Å². The lowest BCUT2D eigenvalue weighted by Gasteiger charge is -2.01. The molecule has 0 saturated carbocycles. The molecule has 3 aliphatic carbocycles. The number of allylic oxidation sites excluding steroid dienone is 6. The van der Waals surface area contributed by atoms with Gasteiger partial charge >= 0.3 is 0 Å². The van der Waals surface area contributed by atoms with Crippen molar-refractivity contribution in [2.45, 2.75) is 161 Å². The molecule has 1 nitrogen and oxygen atoms in total. The fourth-order valence-electron chi connectivity index (χ4n) is 4.40. The third kappa shape index (κ3) is 31.2. The Balaban J connectivity index is 0.000000439. The van der Waals surface area contributed by atoms with E-state index in [0.717, 1.165) is 0 Å². The minimum absolute atomic E-state index is 0.250. The minimum Gasteiger partial charge on any atom is -0.397 e. The molecule has 0 aliphatic heterocycles. The summed E-state index contributed by atoms with van der Waals surface area (Å²) >= 11 is 0. The molecule has 0 bridgehead atoms. The van der Waals surface area contributed by atoms with Crippen LogP contribution in [0.2, 0.25) is 0 Å². The zero-order valence-electron chi connectivity index (χ0n) is 22.6. The van der Waals surface area contributed by atoms with Gasteiger partial charge in [-0.3, -0.25) is 0 Å². The van der Waals surface area contributed by atoms with Crippen molar-refractivity contribution in [1.82, 2.24) is 0 Å². The van der Waals surface area contributed by atoms with Crippen molar-refractivity contribution in [1.29, 1.82) is 0 Å². The van der Waals surface area contributed by atoms with Crippen LogP contribution in [0.5, 0.6) is 0 Å². The predicted molar refractivity (Wildman–Crippen MR) is 151 cm³/mol. The Hall–Kier alpha value is -0.820. The summed E-state index contributed by atoms with van der Waals surface area (Å²) in [7, 11) is 0. The topological polar surface area (TPSA) is 20.2 Å². The average molecular weight is 461 g/mol. The maximum Gasteiger partial charge on any atom is 0.0402 e. The smallest absolute Gasteiger partial charge is 0.0402 e. The molecule has 0 saturated heterocycles. The van der Waals surface area contributed by atoms with Crippen molar-refractivity contribution >= 4 is 0 Å². The maximum absolute atomic E-state index is 7.57. The van der Waals surface area contributed by atoms with Gasteiger partial charge < -0.3 is 5.11 Å². The largest absolute Gasteiger partial charge is 0.397 e. The molecule has 1 heteroatoms. The van der Waals surface area contributed by atoms with Crippen LogP contribution in [0.3, 0.4) is 0 Å². The Morgan fingerprint density at radius 1 is 0.333 bits per heavy atom. The molecule has 0 unspecified atom stereocenters. The van der Waals surface area contributed by atoms with Crippen molar-refractivity contribution in [3.63, 3.8) is 0 Å². The lowest BCUT2D eigenvalue weighted by atomic mass is 10.1. The third-order valence-corrected chi connectivity index (χ3v) is 6.47. The molecule has 0 aromatic rings. The Kier molecular flexibility index (Phi) is 30.4. The molecular weight excluding hydrogens is 400 g/mol. The van der Waals surface area contributed by atoms with Gasteiger partial charge in [-0.15, -0.1) is 0 Å². The summed E-state index contributed by atoms with van der Waals surface area (Å²) in [4.78, 5) is 0. The number of aliphatic hydroxyl groups is 1. The molecular formula is C32H60O. The summed E-state index contributed by atoms with van der Waals surface area (Å²) in [5.74, 6) is 0. The first-order valence-electron chi connectivity index (χ1n) is 15.0. The van der Waals surface area contributed by atoms with Gasteiger partial charge in [0, 0.05) is 6.61 Å². The van der Waals surface area contributed by atoms with Crippen LogP contribution in [0, 0.1) is 0 Å². The summed E-state index contributed by atoms with van der Waals surface area (Å²) in [5, 5.41) is 7.57. The Morgan fingerprint density at radius 2 is 0.455 bits per heavy atom. The SMILES string of the molecule is C1=CCCCCCCCC1.C1=CCCCCCCCC1.C1=CCCCCCCCC1.CCO. The zero-order chi connectivity index (χ0) is 23.9. The van der Waals surface area contributed by atoms with Crippen LogP contribution in [0.4, 0.5) is 0 Å². The van der Waals surface area contributed by atoms with Crippen molar-refractivity contribution in [3.8, 4) is 0 Å². The van der Waals surface area contributed by atoms with E-state index in [1.165, 1.54) is 154 Å². The lowest BCUT2D eigenvalue weighted by molar-refractivity contribution is 0.318. The monoisotopic (exact) mass is 460 g/mol. The van der Waals surface area contributed by atoms with Gasteiger partial charge in [0.1, 0.15) is 0 Å². The molecule has 0 radical (unpaired) electrons. The third-order valence-electron chi connectivity index (χ3n) is 6.47. The van der Waals surface area contributed by atoms with Gasteiger partial charge in [0.25, 0.3) is 0 Å². The van der Waals surface area contributed by atoms with Gasteiger partial charge in [0.2, 0.25) is 0 Å². The number of hydrogen-bond acceptors (Lipinski definition) is 1. The quantitative estimate of drug-likeness (QED) is 0.356. The van der Waals surface area contributed by atoms with Gasteiger partial charge in [-0.25, -0.2) is 0 Å². The van der Waals surface area contributed by atoms with E-state index >= 15 is 0 Å². The molecule has 3 rings (SSSR count). The summed E-state index contributed by atoms with van der Waals surface area (Å²) < 4.78 is 0. The second-order valence-electron chi connectivity index (χ2n) is 9.83. The van der Waals surface area contributed by atoms with Crippen LogP contribution >= 0.6 is 0 Å². The first-order chi connectivity index (χ1) is 16.4. The molecule has 33 heavy (non-hydrogen) atoms. The first-order valence-corrected chi connectivity index (χ1v) is 15.0. The standard InChI is InChI=1S/3C10H18.C2H6O/c3*1-2-4-6-8-10-9-7-5-3-1;1-2-3/h3*1-2H,3-10H2;3H,2H2,1H3. The van der Waals surface area contributed by atoms with Gasteiger partial charge in [0.05, 0.1) is 0 Å². The normalized spacial score (nSPS) is 20.9. The van der Waals surface area contributed by atoms with Gasteiger partial charge in [-0.05, 0) is 84.0 Å². The molecule has 0 fully saturated rings. The number of aliphatic hydroxyl groups excluding tert-OH is 1. The van der Waals surface area contributed by atoms with Crippen molar-refractivity contribution < 1.29 is 5.11 Å². The lowest BCUT2D eigenvalue weighted by Crippen LogP contribution is -1.81.